The molecule has 0 aliphatic carbocycles. The molecule has 0 atom stereocenters. The van der Waals surface area contributed by atoms with Crippen LogP contribution in [0.2, 0.25) is 0 Å². The molecule has 2 aromatic carbocycles. The maximum absolute atomic E-state index is 13.0. The van der Waals surface area contributed by atoms with Gasteiger partial charge >= 0.3 is 0 Å². The van der Waals surface area contributed by atoms with Gasteiger partial charge in [0.05, 0.1) is 21.8 Å². The average Bonchev–Trinajstić information content (AvgIpc) is 3.80. The van der Waals surface area contributed by atoms with Crippen LogP contribution in [-0.4, -0.2) is 51.1 Å². The number of aromatic nitrogens is 8. The fraction of sp³-hybridized carbons (Fsp3) is 0.302. The summed E-state index contributed by atoms with van der Waals surface area (Å²) in [6.07, 6.45) is 6.76. The molecule has 65 heavy (non-hydrogen) atoms. The minimum absolute atomic E-state index is 0. The summed E-state index contributed by atoms with van der Waals surface area (Å²) in [5.41, 5.74) is 8.24. The molecule has 0 radical (unpaired) electrons. The zero-order valence-corrected chi connectivity index (χ0v) is 41.6. The topological polar surface area (TPSA) is 180 Å². The number of hydrogen-bond acceptors (Lipinski definition) is 13. The number of nitrogens with one attached hydrogen (secondary N) is 2. The second-order valence-electron chi connectivity index (χ2n) is 16.3. The molecule has 2 amide bonds. The lowest BCUT2D eigenvalue weighted by Crippen LogP contribution is -2.42. The zero-order valence-electron chi connectivity index (χ0n) is 34.9. The van der Waals surface area contributed by atoms with Crippen molar-refractivity contribution in [2.45, 2.75) is 73.9 Å². The fourth-order valence-corrected chi connectivity index (χ4v) is 17.6. The summed E-state index contributed by atoms with van der Waals surface area (Å²) in [4.78, 5) is 68.0. The van der Waals surface area contributed by atoms with Gasteiger partial charge in [0.1, 0.15) is 28.0 Å². The number of amides is 2. The first-order valence-corrected chi connectivity index (χ1v) is 29.1. The molecule has 14 nitrogen and oxygen atoms in total. The van der Waals surface area contributed by atoms with E-state index < -0.39 is 11.8 Å². The van der Waals surface area contributed by atoms with E-state index in [0.717, 1.165) is 77.7 Å². The van der Waals surface area contributed by atoms with E-state index in [1.165, 1.54) is 33.5 Å². The molecule has 0 bridgehead atoms. The predicted molar refractivity (Wildman–Crippen MR) is 275 cm³/mol. The number of hydrogen-bond donors (Lipinski definition) is 2. The Bertz CT molecular complexity index is 3190. The third kappa shape index (κ3) is 12.4. The summed E-state index contributed by atoms with van der Waals surface area (Å²) in [5.74, 6) is 0.591. The number of carbonyl (C=O) groups is 2. The van der Waals surface area contributed by atoms with Crippen molar-refractivity contribution in [1.82, 2.24) is 50.1 Å². The molecule has 0 fully saturated rings. The molecule has 0 saturated heterocycles. The van der Waals surface area contributed by atoms with Crippen LogP contribution in [-0.2, 0) is 76.2 Å². The molecule has 2 aliphatic heterocycles. The van der Waals surface area contributed by atoms with Gasteiger partial charge in [0.25, 0.3) is 22.9 Å². The Morgan fingerprint density at radius 1 is 0.754 bits per heavy atom. The number of hydrazine groups is 1. The fourth-order valence-electron chi connectivity index (χ4n) is 7.15. The monoisotopic (exact) mass is 1020 g/mol. The van der Waals surface area contributed by atoms with Crippen LogP contribution in [0.15, 0.2) is 94.8 Å². The van der Waals surface area contributed by atoms with Gasteiger partial charge in [-0.3, -0.25) is 49.1 Å². The van der Waals surface area contributed by atoms with E-state index >= 15 is 0 Å². The Morgan fingerprint density at radius 3 is 1.92 bits per heavy atom. The summed E-state index contributed by atoms with van der Waals surface area (Å²) in [6, 6.07) is 21.1. The van der Waals surface area contributed by atoms with E-state index in [0.29, 0.717) is 28.4 Å². The van der Waals surface area contributed by atoms with E-state index in [-0.39, 0.29) is 35.1 Å². The molecule has 0 saturated carbocycles. The van der Waals surface area contributed by atoms with Crippen molar-refractivity contribution in [3.05, 3.63) is 129 Å². The summed E-state index contributed by atoms with van der Waals surface area (Å²) in [7, 11) is 6.83. The van der Waals surface area contributed by atoms with Crippen molar-refractivity contribution < 1.29 is 9.59 Å². The zero-order chi connectivity index (χ0) is 45.4. The highest BCUT2D eigenvalue weighted by atomic mass is 33.3. The highest BCUT2D eigenvalue weighted by Gasteiger charge is 2.29. The first-order valence-electron chi connectivity index (χ1n) is 19.7. The van der Waals surface area contributed by atoms with Crippen LogP contribution in [0.3, 0.4) is 0 Å². The summed E-state index contributed by atoms with van der Waals surface area (Å²) < 4.78 is 3.58. The van der Waals surface area contributed by atoms with Gasteiger partial charge in [-0.25, -0.2) is 9.97 Å². The highest BCUT2D eigenvalue weighted by Crippen LogP contribution is 2.33. The van der Waals surface area contributed by atoms with Gasteiger partial charge < -0.3 is 0 Å². The molecule has 7 heterocycles. The molecular weight excluding hydrogens is 975 g/mol. The van der Waals surface area contributed by atoms with Gasteiger partial charge in [-0.15, -0.1) is 10.2 Å². The first-order chi connectivity index (χ1) is 30.8. The van der Waals surface area contributed by atoms with Crippen LogP contribution >= 0.6 is 25.4 Å². The van der Waals surface area contributed by atoms with Crippen LogP contribution < -0.4 is 22.0 Å². The van der Waals surface area contributed by atoms with E-state index in [2.05, 4.69) is 86.7 Å². The van der Waals surface area contributed by atoms with Gasteiger partial charge in [-0.1, -0.05) is 64.7 Å². The van der Waals surface area contributed by atoms with Gasteiger partial charge in [-0.2, -0.15) is 0 Å². The van der Waals surface area contributed by atoms with Gasteiger partial charge in [0.2, 0.25) is 0 Å². The molecule has 9 rings (SSSR count). The smallest absolute Gasteiger partial charge is 0.288 e. The van der Waals surface area contributed by atoms with Crippen molar-refractivity contribution in [1.29, 1.82) is 0 Å². The van der Waals surface area contributed by atoms with Crippen molar-refractivity contribution in [3.63, 3.8) is 0 Å². The van der Waals surface area contributed by atoms with Crippen LogP contribution in [0.4, 0.5) is 0 Å². The van der Waals surface area contributed by atoms with E-state index in [9.17, 15) is 19.2 Å². The van der Waals surface area contributed by atoms with Crippen LogP contribution in [0.1, 0.15) is 80.5 Å². The number of pyridine rings is 2. The average molecular weight is 1020 g/mol. The first kappa shape index (κ1) is 49.6. The predicted octanol–water partition coefficient (Wildman–Crippen LogP) is 8.13. The van der Waals surface area contributed by atoms with E-state index in [1.54, 1.807) is 65.5 Å². The largest absolute Gasteiger partial charge is 0.296 e. The van der Waals surface area contributed by atoms with Crippen LogP contribution in [0, 0.1) is 10.8 Å². The molecule has 2 N–H and O–H groups in total. The number of fused-ring (bicyclic) bond motifs is 4. The number of rotatable bonds is 5. The molecular formula is C43H44N10O4P2S6. The Kier molecular flexibility index (Phi) is 16.9. The third-order valence-electron chi connectivity index (χ3n) is 10.4. The maximum Gasteiger partial charge on any atom is 0.288 e. The summed E-state index contributed by atoms with van der Waals surface area (Å²) in [5, 5.41) is 11.3. The van der Waals surface area contributed by atoms with Crippen molar-refractivity contribution in [3.8, 4) is 21.3 Å². The second-order valence-corrected chi connectivity index (χ2v) is 27.0. The number of nitrogens with zero attached hydrogens (tertiary/aromatic N) is 8. The summed E-state index contributed by atoms with van der Waals surface area (Å²) in [6.45, 7) is 10.0. The number of carbonyl (C=O) groups excluding carboxylic acids is 2. The van der Waals surface area contributed by atoms with Gasteiger partial charge in [0, 0.05) is 63.5 Å². The molecule has 22 heteroatoms. The highest BCUT2D eigenvalue weighted by molar-refractivity contribution is 8.63. The second kappa shape index (κ2) is 22.1. The maximum atomic E-state index is 13.0. The molecule has 2 aliphatic rings. The van der Waals surface area contributed by atoms with E-state index in [4.69, 9.17) is 4.98 Å². The van der Waals surface area contributed by atoms with Gasteiger partial charge in [0.15, 0.2) is 5.01 Å². The van der Waals surface area contributed by atoms with Crippen molar-refractivity contribution in [2.24, 2.45) is 10.8 Å². The van der Waals surface area contributed by atoms with Crippen LogP contribution in [0.25, 0.3) is 43.1 Å². The lowest BCUT2D eigenvalue weighted by molar-refractivity contribution is 0.0844. The number of benzene rings is 2. The summed E-state index contributed by atoms with van der Waals surface area (Å²) >= 11 is 10.7. The third-order valence-corrected chi connectivity index (χ3v) is 21.4. The molecule has 0 spiro atoms. The lowest BCUT2D eigenvalue weighted by Gasteiger charge is -2.31. The molecule has 0 unspecified atom stereocenters. The Morgan fingerprint density at radius 2 is 1.34 bits per heavy atom. The normalized spacial score (nSPS) is 14.2. The molecule has 336 valence electrons. The minimum atomic E-state index is -0.521. The lowest BCUT2D eigenvalue weighted by atomic mass is 9.85. The number of aryl methyl sites for hydroxylation is 2. The molecule has 5 aromatic heterocycles. The Labute approximate surface area is 401 Å². The quantitative estimate of drug-likeness (QED) is 0.125. The minimum Gasteiger partial charge on any atom is -0.296 e. The Balaban J connectivity index is 0.000000186. The van der Waals surface area contributed by atoms with Crippen molar-refractivity contribution in [2.75, 3.05) is 0 Å². The van der Waals surface area contributed by atoms with Crippen molar-refractivity contribution >= 4 is 109 Å². The SMILES string of the molecule is C.CC1(C)CCc2nc3cc(-c4nnc(-c5ccccn5)s4)ccc3c(=O)n2C1.CC1(C)CCc2nc3cc(C(=O)NNC(=O)c4ccccn4)ccc3c(=O)n2C1.S=PP=S=S=S=S. The van der Waals surface area contributed by atoms with Gasteiger partial charge in [-0.05, 0) is 129 Å². The standard InChI is InChI=1S/C21H21N5O3.C21H19N5OS.CH4.P2S5/c1-21(2)9-8-17-23-16-11-13(6-7-14(16)20(29)26(17)12-21)18(27)24-25-19(28)15-5-3-4-10-22-15;1-21(2)9-8-17-23-16-11-13(6-7-14(16)20(27)26(17)12-21)18-24-25-19(28-18)15-5-3-4-10-22-15;;3-1-2-5-7-6-4/h3-7,10-11H,8-9,12H2,1-2H3,(H,24,27)(H,25,28);3-7,10-11H,8-9,12H2,1-2H3;1H4;. The van der Waals surface area contributed by atoms with E-state index in [1.807, 2.05) is 41.0 Å². The van der Waals surface area contributed by atoms with Crippen LogP contribution in [0.5, 0.6) is 0 Å². The Hall–Kier alpha value is -4.78. The molecule has 7 aromatic rings.